The minimum absolute atomic E-state index is 0.0595. The van der Waals surface area contributed by atoms with Gasteiger partial charge in [0.15, 0.2) is 9.84 Å². The van der Waals surface area contributed by atoms with E-state index in [1.807, 2.05) is 54.6 Å². The molecule has 0 saturated carbocycles. The van der Waals surface area contributed by atoms with Gasteiger partial charge in [-0.25, -0.2) is 8.42 Å². The molecule has 1 amide bonds. The van der Waals surface area contributed by atoms with Gasteiger partial charge in [-0.15, -0.1) is 0 Å². The number of aryl methyl sites for hydroxylation is 1. The summed E-state index contributed by atoms with van der Waals surface area (Å²) in [5, 5.41) is 1.22. The van der Waals surface area contributed by atoms with Crippen LogP contribution in [0.2, 0.25) is 0 Å². The predicted molar refractivity (Wildman–Crippen MR) is 109 cm³/mol. The van der Waals surface area contributed by atoms with Crippen LogP contribution in [0.3, 0.4) is 0 Å². The van der Waals surface area contributed by atoms with E-state index in [0.29, 0.717) is 18.8 Å². The van der Waals surface area contributed by atoms with Crippen LogP contribution in [-0.4, -0.2) is 26.1 Å². The number of hydrogen-bond donors (Lipinski definition) is 0. The standard InChI is InChI=1S/C22H25NO3S/c1-17(2)19-9-11-20(12-10-19)23(21-14-15-27(25,26)16-21)22(24)13-8-18-6-4-3-5-7-18/h3-7,9-12,14-15,17,21H,8,13,16H2,1-2H3/t21-/m1/s1. The van der Waals surface area contributed by atoms with Gasteiger partial charge < -0.3 is 4.90 Å². The average Bonchev–Trinajstić information content (AvgIpc) is 3.01. The zero-order chi connectivity index (χ0) is 19.4. The number of anilines is 1. The fraction of sp³-hybridized carbons (Fsp3) is 0.318. The smallest absolute Gasteiger partial charge is 0.227 e. The third kappa shape index (κ3) is 4.86. The zero-order valence-electron chi connectivity index (χ0n) is 15.7. The monoisotopic (exact) mass is 383 g/mol. The summed E-state index contributed by atoms with van der Waals surface area (Å²) in [5.41, 5.74) is 3.02. The minimum Gasteiger partial charge on any atom is -0.304 e. The molecular formula is C22H25NO3S. The van der Waals surface area contributed by atoms with Crippen molar-refractivity contribution in [3.05, 3.63) is 77.2 Å². The molecule has 0 bridgehead atoms. The zero-order valence-corrected chi connectivity index (χ0v) is 16.5. The maximum Gasteiger partial charge on any atom is 0.227 e. The first kappa shape index (κ1) is 19.4. The fourth-order valence-corrected chi connectivity index (χ4v) is 4.54. The van der Waals surface area contributed by atoms with Crippen molar-refractivity contribution >= 4 is 21.4 Å². The predicted octanol–water partition coefficient (Wildman–Crippen LogP) is 4.09. The molecule has 2 aromatic rings. The number of carbonyl (C=O) groups is 1. The first-order chi connectivity index (χ1) is 12.9. The first-order valence-electron chi connectivity index (χ1n) is 9.22. The van der Waals surface area contributed by atoms with Crippen LogP contribution in [-0.2, 0) is 21.1 Å². The van der Waals surface area contributed by atoms with Gasteiger partial charge in [-0.3, -0.25) is 4.79 Å². The quantitative estimate of drug-likeness (QED) is 0.755. The maximum atomic E-state index is 13.0. The van der Waals surface area contributed by atoms with Crippen molar-refractivity contribution in [2.24, 2.45) is 0 Å². The van der Waals surface area contributed by atoms with Gasteiger partial charge in [-0.1, -0.05) is 56.3 Å². The van der Waals surface area contributed by atoms with E-state index < -0.39 is 15.9 Å². The lowest BCUT2D eigenvalue weighted by Gasteiger charge is -2.28. The Morgan fingerprint density at radius 2 is 1.74 bits per heavy atom. The molecule has 5 heteroatoms. The van der Waals surface area contributed by atoms with Crippen LogP contribution < -0.4 is 4.90 Å². The molecule has 0 saturated heterocycles. The van der Waals surface area contributed by atoms with Gasteiger partial charge in [0.25, 0.3) is 0 Å². The molecule has 1 aliphatic rings. The summed E-state index contributed by atoms with van der Waals surface area (Å²) in [4.78, 5) is 14.7. The van der Waals surface area contributed by atoms with Crippen LogP contribution in [0.4, 0.5) is 5.69 Å². The minimum atomic E-state index is -3.25. The van der Waals surface area contributed by atoms with Gasteiger partial charge in [0.2, 0.25) is 5.91 Å². The van der Waals surface area contributed by atoms with E-state index >= 15 is 0 Å². The van der Waals surface area contributed by atoms with Gasteiger partial charge in [-0.2, -0.15) is 0 Å². The number of sulfone groups is 1. The van der Waals surface area contributed by atoms with Crippen LogP contribution in [0.1, 0.15) is 37.3 Å². The second-order valence-corrected chi connectivity index (χ2v) is 9.15. The lowest BCUT2D eigenvalue weighted by atomic mass is 10.0. The van der Waals surface area contributed by atoms with Crippen LogP contribution >= 0.6 is 0 Å². The molecule has 2 aromatic carbocycles. The summed E-state index contributed by atoms with van der Waals surface area (Å²) in [5.74, 6) is 0.270. The van der Waals surface area contributed by atoms with Crippen LogP contribution in [0, 0.1) is 0 Å². The Morgan fingerprint density at radius 1 is 1.07 bits per heavy atom. The molecular weight excluding hydrogens is 358 g/mol. The Labute approximate surface area is 161 Å². The van der Waals surface area contributed by atoms with E-state index in [1.54, 1.807) is 11.0 Å². The Balaban J connectivity index is 1.83. The van der Waals surface area contributed by atoms with Crippen molar-refractivity contribution in [1.29, 1.82) is 0 Å². The number of benzene rings is 2. The van der Waals surface area contributed by atoms with E-state index in [0.717, 1.165) is 11.3 Å². The highest BCUT2D eigenvalue weighted by molar-refractivity contribution is 7.94. The van der Waals surface area contributed by atoms with E-state index in [9.17, 15) is 13.2 Å². The Bertz CT molecular complexity index is 916. The van der Waals surface area contributed by atoms with Gasteiger partial charge >= 0.3 is 0 Å². The Morgan fingerprint density at radius 3 is 2.30 bits per heavy atom. The number of carbonyl (C=O) groups excluding carboxylic acids is 1. The Hall–Kier alpha value is -2.40. The van der Waals surface area contributed by atoms with Crippen molar-refractivity contribution in [1.82, 2.24) is 0 Å². The Kier molecular flexibility index (Phi) is 5.80. The lowest BCUT2D eigenvalue weighted by Crippen LogP contribution is -2.41. The van der Waals surface area contributed by atoms with Crippen molar-refractivity contribution in [2.45, 2.75) is 38.6 Å². The van der Waals surface area contributed by atoms with Gasteiger partial charge in [0.1, 0.15) is 0 Å². The highest BCUT2D eigenvalue weighted by Gasteiger charge is 2.31. The van der Waals surface area contributed by atoms with Crippen molar-refractivity contribution in [3.63, 3.8) is 0 Å². The highest BCUT2D eigenvalue weighted by Crippen LogP contribution is 2.26. The topological polar surface area (TPSA) is 54.5 Å². The number of amides is 1. The van der Waals surface area contributed by atoms with Gasteiger partial charge in [-0.05, 0) is 41.7 Å². The van der Waals surface area contributed by atoms with E-state index in [1.165, 1.54) is 11.0 Å². The number of nitrogens with zero attached hydrogens (tertiary/aromatic N) is 1. The van der Waals surface area contributed by atoms with Crippen LogP contribution in [0.5, 0.6) is 0 Å². The molecule has 0 fully saturated rings. The van der Waals surface area contributed by atoms with Crippen LogP contribution in [0.25, 0.3) is 0 Å². The van der Waals surface area contributed by atoms with Crippen LogP contribution in [0.15, 0.2) is 66.1 Å². The summed E-state index contributed by atoms with van der Waals surface area (Å²) >= 11 is 0. The molecule has 0 unspecified atom stereocenters. The average molecular weight is 384 g/mol. The fourth-order valence-electron chi connectivity index (χ4n) is 3.28. The highest BCUT2D eigenvalue weighted by atomic mass is 32.2. The second-order valence-electron chi connectivity index (χ2n) is 7.22. The number of hydrogen-bond acceptors (Lipinski definition) is 3. The lowest BCUT2D eigenvalue weighted by molar-refractivity contribution is -0.118. The molecule has 1 atom stereocenters. The van der Waals surface area contributed by atoms with Crippen molar-refractivity contribution in [2.75, 3.05) is 10.7 Å². The van der Waals surface area contributed by atoms with Crippen molar-refractivity contribution < 1.29 is 13.2 Å². The third-order valence-electron chi connectivity index (χ3n) is 4.82. The molecule has 0 aromatic heterocycles. The summed E-state index contributed by atoms with van der Waals surface area (Å²) < 4.78 is 23.8. The molecule has 142 valence electrons. The molecule has 0 N–H and O–H groups in total. The van der Waals surface area contributed by atoms with Gasteiger partial charge in [0, 0.05) is 17.5 Å². The van der Waals surface area contributed by atoms with E-state index in [-0.39, 0.29) is 11.7 Å². The first-order valence-corrected chi connectivity index (χ1v) is 10.9. The largest absolute Gasteiger partial charge is 0.304 e. The SMILES string of the molecule is CC(C)c1ccc(N(C(=O)CCc2ccccc2)[C@@H]2C=CS(=O)(=O)C2)cc1. The third-order valence-corrected chi connectivity index (χ3v) is 6.20. The summed E-state index contributed by atoms with van der Waals surface area (Å²) in [6, 6.07) is 17.2. The molecule has 1 aliphatic heterocycles. The van der Waals surface area contributed by atoms with E-state index in [2.05, 4.69) is 13.8 Å². The normalized spacial score (nSPS) is 18.0. The second kappa shape index (κ2) is 8.09. The molecule has 27 heavy (non-hydrogen) atoms. The summed E-state index contributed by atoms with van der Waals surface area (Å²) in [7, 11) is -3.25. The summed E-state index contributed by atoms with van der Waals surface area (Å²) in [6.45, 7) is 4.23. The molecule has 3 rings (SSSR count). The maximum absolute atomic E-state index is 13.0. The molecule has 0 spiro atoms. The van der Waals surface area contributed by atoms with E-state index in [4.69, 9.17) is 0 Å². The molecule has 1 heterocycles. The van der Waals surface area contributed by atoms with Crippen molar-refractivity contribution in [3.8, 4) is 0 Å². The molecule has 0 aliphatic carbocycles. The molecule has 0 radical (unpaired) electrons. The number of rotatable bonds is 6. The van der Waals surface area contributed by atoms with Gasteiger partial charge in [0.05, 0.1) is 11.8 Å². The summed E-state index contributed by atoms with van der Waals surface area (Å²) in [6.07, 6.45) is 2.58. The molecule has 4 nitrogen and oxygen atoms in total.